The second kappa shape index (κ2) is 6.93. The molecule has 0 N–H and O–H groups in total. The van der Waals surface area contributed by atoms with Gasteiger partial charge in [0.1, 0.15) is 5.75 Å². The standard InChI is InChI=1S/C15H25NOS/c1-5-15(6-2,12-18)11-16(3)13-9-7-8-10-14(13)17-4/h7-10,18H,5-6,11-12H2,1-4H3. The lowest BCUT2D eigenvalue weighted by molar-refractivity contribution is 0.313. The number of hydrogen-bond acceptors (Lipinski definition) is 3. The Hall–Kier alpha value is -0.830. The number of rotatable bonds is 7. The number of ether oxygens (including phenoxy) is 1. The molecule has 0 atom stereocenters. The highest BCUT2D eigenvalue weighted by Gasteiger charge is 2.27. The summed E-state index contributed by atoms with van der Waals surface area (Å²) in [7, 11) is 3.85. The molecule has 1 aromatic carbocycles. The van der Waals surface area contributed by atoms with Gasteiger partial charge in [0, 0.05) is 13.6 Å². The summed E-state index contributed by atoms with van der Waals surface area (Å²) in [4.78, 5) is 2.28. The van der Waals surface area contributed by atoms with Gasteiger partial charge in [-0.1, -0.05) is 26.0 Å². The summed E-state index contributed by atoms with van der Waals surface area (Å²) in [6.07, 6.45) is 2.29. The zero-order valence-corrected chi connectivity index (χ0v) is 12.8. The Balaban J connectivity index is 2.90. The fourth-order valence-corrected chi connectivity index (χ4v) is 2.83. The zero-order chi connectivity index (χ0) is 13.6. The molecule has 0 aliphatic heterocycles. The number of anilines is 1. The Morgan fingerprint density at radius 1 is 1.22 bits per heavy atom. The molecule has 0 saturated carbocycles. The number of nitrogens with zero attached hydrogens (tertiary/aromatic N) is 1. The van der Waals surface area contributed by atoms with Gasteiger partial charge in [-0.25, -0.2) is 0 Å². The number of benzene rings is 1. The molecule has 3 heteroatoms. The van der Waals surface area contributed by atoms with Gasteiger partial charge >= 0.3 is 0 Å². The van der Waals surface area contributed by atoms with Gasteiger partial charge in [0.05, 0.1) is 12.8 Å². The molecule has 1 aromatic rings. The van der Waals surface area contributed by atoms with Gasteiger partial charge in [-0.15, -0.1) is 0 Å². The van der Waals surface area contributed by atoms with Gasteiger partial charge in [0.25, 0.3) is 0 Å². The first-order chi connectivity index (χ1) is 8.62. The van der Waals surface area contributed by atoms with Crippen molar-refractivity contribution in [1.29, 1.82) is 0 Å². The van der Waals surface area contributed by atoms with Crippen LogP contribution in [0.2, 0.25) is 0 Å². The van der Waals surface area contributed by atoms with Gasteiger partial charge in [0.2, 0.25) is 0 Å². The van der Waals surface area contributed by atoms with Crippen LogP contribution in [0, 0.1) is 5.41 Å². The molecule has 102 valence electrons. The van der Waals surface area contributed by atoms with E-state index in [1.54, 1.807) is 7.11 Å². The maximum atomic E-state index is 5.42. The third-order valence-corrected chi connectivity index (χ3v) is 4.58. The molecule has 0 fully saturated rings. The maximum absolute atomic E-state index is 5.42. The highest BCUT2D eigenvalue weighted by molar-refractivity contribution is 7.80. The molecule has 18 heavy (non-hydrogen) atoms. The van der Waals surface area contributed by atoms with Crippen molar-refractivity contribution in [1.82, 2.24) is 0 Å². The number of methoxy groups -OCH3 is 1. The van der Waals surface area contributed by atoms with E-state index in [2.05, 4.69) is 50.6 Å². The van der Waals surface area contributed by atoms with E-state index in [4.69, 9.17) is 4.74 Å². The predicted octanol–water partition coefficient (Wildman–Crippen LogP) is 3.87. The molecular weight excluding hydrogens is 242 g/mol. The maximum Gasteiger partial charge on any atom is 0.142 e. The average molecular weight is 267 g/mol. The summed E-state index contributed by atoms with van der Waals surface area (Å²) in [5.74, 6) is 1.85. The fourth-order valence-electron chi connectivity index (χ4n) is 2.28. The van der Waals surface area contributed by atoms with Crippen LogP contribution in [0.5, 0.6) is 5.75 Å². The normalized spacial score (nSPS) is 11.4. The van der Waals surface area contributed by atoms with E-state index >= 15 is 0 Å². The number of hydrogen-bond donors (Lipinski definition) is 1. The van der Waals surface area contributed by atoms with Crippen LogP contribution in [-0.2, 0) is 0 Å². The highest BCUT2D eigenvalue weighted by Crippen LogP contribution is 2.33. The molecule has 2 nitrogen and oxygen atoms in total. The van der Waals surface area contributed by atoms with Crippen molar-refractivity contribution < 1.29 is 4.74 Å². The molecule has 0 aromatic heterocycles. The smallest absolute Gasteiger partial charge is 0.142 e. The summed E-state index contributed by atoms with van der Waals surface area (Å²) in [6, 6.07) is 8.16. The minimum Gasteiger partial charge on any atom is -0.495 e. The molecule has 0 saturated heterocycles. The first-order valence-corrected chi connectivity index (χ1v) is 7.20. The molecule has 0 unspecified atom stereocenters. The fraction of sp³-hybridized carbons (Fsp3) is 0.600. The number of para-hydroxylation sites is 2. The minimum atomic E-state index is 0.277. The summed E-state index contributed by atoms with van der Waals surface area (Å²) in [5, 5.41) is 0. The number of thiol groups is 1. The molecule has 0 aliphatic rings. The van der Waals surface area contributed by atoms with Crippen LogP contribution in [0.25, 0.3) is 0 Å². The average Bonchev–Trinajstić information content (AvgIpc) is 2.44. The third-order valence-electron chi connectivity index (χ3n) is 3.90. The third kappa shape index (κ3) is 3.35. The molecule has 0 aliphatic carbocycles. The van der Waals surface area contributed by atoms with E-state index in [0.717, 1.165) is 36.6 Å². The molecular formula is C15H25NOS. The van der Waals surface area contributed by atoms with Crippen LogP contribution in [0.1, 0.15) is 26.7 Å². The van der Waals surface area contributed by atoms with E-state index in [1.807, 2.05) is 12.1 Å². The van der Waals surface area contributed by atoms with Crippen molar-refractivity contribution in [2.75, 3.05) is 31.4 Å². The van der Waals surface area contributed by atoms with Crippen molar-refractivity contribution >= 4 is 18.3 Å². The van der Waals surface area contributed by atoms with E-state index < -0.39 is 0 Å². The molecule has 0 spiro atoms. The van der Waals surface area contributed by atoms with E-state index in [1.165, 1.54) is 0 Å². The Labute approximate surface area is 117 Å². The van der Waals surface area contributed by atoms with Crippen LogP contribution < -0.4 is 9.64 Å². The van der Waals surface area contributed by atoms with Gasteiger partial charge < -0.3 is 9.64 Å². The minimum absolute atomic E-state index is 0.277. The largest absolute Gasteiger partial charge is 0.495 e. The highest BCUT2D eigenvalue weighted by atomic mass is 32.1. The first kappa shape index (κ1) is 15.2. The second-order valence-corrected chi connectivity index (χ2v) is 5.21. The predicted molar refractivity (Wildman–Crippen MR) is 83.1 cm³/mol. The lowest BCUT2D eigenvalue weighted by Gasteiger charge is -2.35. The summed E-state index contributed by atoms with van der Waals surface area (Å²) in [6.45, 7) is 5.50. The van der Waals surface area contributed by atoms with Crippen molar-refractivity contribution in [3.8, 4) is 5.75 Å². The molecule has 0 radical (unpaired) electrons. The van der Waals surface area contributed by atoms with Crippen LogP contribution in [0.4, 0.5) is 5.69 Å². The van der Waals surface area contributed by atoms with E-state index in [9.17, 15) is 0 Å². The van der Waals surface area contributed by atoms with Gasteiger partial charge in [-0.3, -0.25) is 0 Å². The van der Waals surface area contributed by atoms with Gasteiger partial charge in [0.15, 0.2) is 0 Å². The SMILES string of the molecule is CCC(CC)(CS)CN(C)c1ccccc1OC. The lowest BCUT2D eigenvalue weighted by Crippen LogP contribution is -2.36. The summed E-state index contributed by atoms with van der Waals surface area (Å²) in [5.41, 5.74) is 1.42. The molecule has 0 bridgehead atoms. The monoisotopic (exact) mass is 267 g/mol. The Morgan fingerprint density at radius 3 is 2.33 bits per heavy atom. The zero-order valence-electron chi connectivity index (χ0n) is 11.9. The Bertz CT molecular complexity index is 355. The summed E-state index contributed by atoms with van der Waals surface area (Å²) >= 11 is 4.54. The second-order valence-electron chi connectivity index (χ2n) is 4.89. The lowest BCUT2D eigenvalue weighted by atomic mass is 9.84. The van der Waals surface area contributed by atoms with Crippen molar-refractivity contribution in [3.05, 3.63) is 24.3 Å². The van der Waals surface area contributed by atoms with Crippen LogP contribution in [0.15, 0.2) is 24.3 Å². The van der Waals surface area contributed by atoms with E-state index in [0.29, 0.717) is 0 Å². The van der Waals surface area contributed by atoms with Crippen LogP contribution in [-0.4, -0.2) is 26.5 Å². The first-order valence-electron chi connectivity index (χ1n) is 6.57. The molecule has 0 amide bonds. The van der Waals surface area contributed by atoms with Crippen molar-refractivity contribution in [3.63, 3.8) is 0 Å². The van der Waals surface area contributed by atoms with Crippen molar-refractivity contribution in [2.45, 2.75) is 26.7 Å². The van der Waals surface area contributed by atoms with Gasteiger partial charge in [-0.2, -0.15) is 12.6 Å². The van der Waals surface area contributed by atoms with Crippen molar-refractivity contribution in [2.24, 2.45) is 5.41 Å². The van der Waals surface area contributed by atoms with E-state index in [-0.39, 0.29) is 5.41 Å². The summed E-state index contributed by atoms with van der Waals surface area (Å²) < 4.78 is 5.42. The molecule has 1 rings (SSSR count). The molecule has 0 heterocycles. The van der Waals surface area contributed by atoms with Gasteiger partial charge in [-0.05, 0) is 36.1 Å². The van der Waals surface area contributed by atoms with Crippen LogP contribution >= 0.6 is 12.6 Å². The van der Waals surface area contributed by atoms with Crippen LogP contribution in [0.3, 0.4) is 0 Å². The Morgan fingerprint density at radius 2 is 1.83 bits per heavy atom. The topological polar surface area (TPSA) is 12.5 Å². The Kier molecular flexibility index (Phi) is 5.86. The quantitative estimate of drug-likeness (QED) is 0.753.